The zero-order chi connectivity index (χ0) is 11.3. The molecule has 0 fully saturated rings. The van der Waals surface area contributed by atoms with Crippen LogP contribution in [-0.4, -0.2) is 5.11 Å². The van der Waals surface area contributed by atoms with Crippen molar-refractivity contribution in [1.29, 1.82) is 0 Å². The summed E-state index contributed by atoms with van der Waals surface area (Å²) >= 11 is 0. The van der Waals surface area contributed by atoms with Crippen LogP contribution >= 0.6 is 0 Å². The molecule has 1 rings (SSSR count). The van der Waals surface area contributed by atoms with E-state index < -0.39 is 0 Å². The molecule has 1 aromatic rings. The second-order valence-corrected chi connectivity index (χ2v) is 4.15. The van der Waals surface area contributed by atoms with Gasteiger partial charge in [0.1, 0.15) is 5.75 Å². The Labute approximate surface area is 92.5 Å². The number of aromatic hydroxyl groups is 1. The maximum Gasteiger partial charge on any atom is 0.118 e. The standard InChI is InChI=1S/C14H20O/c1-4-5-6-11(2)9-13-10-12(3)7-8-14(13)15/h5-8,10-11,15H,4,9H2,1-3H3/b6-5-. The van der Waals surface area contributed by atoms with Crippen molar-refractivity contribution in [2.24, 2.45) is 5.92 Å². The van der Waals surface area contributed by atoms with Crippen molar-refractivity contribution in [2.75, 3.05) is 0 Å². The molecule has 0 bridgehead atoms. The summed E-state index contributed by atoms with van der Waals surface area (Å²) in [5.41, 5.74) is 2.25. The van der Waals surface area contributed by atoms with E-state index in [0.717, 1.165) is 18.4 Å². The van der Waals surface area contributed by atoms with Crippen molar-refractivity contribution in [3.05, 3.63) is 41.5 Å². The first-order chi connectivity index (χ1) is 7.13. The largest absolute Gasteiger partial charge is 0.508 e. The quantitative estimate of drug-likeness (QED) is 0.739. The van der Waals surface area contributed by atoms with Gasteiger partial charge in [-0.1, -0.05) is 43.7 Å². The minimum absolute atomic E-state index is 0.414. The summed E-state index contributed by atoms with van der Waals surface area (Å²) in [6.45, 7) is 6.36. The van der Waals surface area contributed by atoms with Crippen LogP contribution in [0.5, 0.6) is 5.75 Å². The van der Waals surface area contributed by atoms with Gasteiger partial charge in [-0.15, -0.1) is 0 Å². The predicted octanol–water partition coefficient (Wildman–Crippen LogP) is 3.85. The lowest BCUT2D eigenvalue weighted by Gasteiger charge is -2.09. The SMILES string of the molecule is CC/C=C\C(C)Cc1cc(C)ccc1O. The maximum atomic E-state index is 9.69. The molecule has 0 heterocycles. The molecule has 1 atom stereocenters. The lowest BCUT2D eigenvalue weighted by molar-refractivity contribution is 0.464. The summed E-state index contributed by atoms with van der Waals surface area (Å²) in [5.74, 6) is 0.898. The van der Waals surface area contributed by atoms with E-state index >= 15 is 0 Å². The zero-order valence-electron chi connectivity index (χ0n) is 9.83. The van der Waals surface area contributed by atoms with Crippen LogP contribution in [0.15, 0.2) is 30.4 Å². The van der Waals surface area contributed by atoms with Crippen molar-refractivity contribution >= 4 is 0 Å². The Morgan fingerprint density at radius 3 is 2.80 bits per heavy atom. The average Bonchev–Trinajstić information content (AvgIpc) is 2.20. The molecule has 1 nitrogen and oxygen atoms in total. The van der Waals surface area contributed by atoms with Gasteiger partial charge < -0.3 is 5.11 Å². The molecule has 1 aromatic carbocycles. The molecule has 0 saturated carbocycles. The Morgan fingerprint density at radius 2 is 2.13 bits per heavy atom. The summed E-state index contributed by atoms with van der Waals surface area (Å²) in [7, 11) is 0. The van der Waals surface area contributed by atoms with E-state index in [0.29, 0.717) is 11.7 Å². The van der Waals surface area contributed by atoms with E-state index in [1.165, 1.54) is 5.56 Å². The molecule has 15 heavy (non-hydrogen) atoms. The zero-order valence-corrected chi connectivity index (χ0v) is 9.83. The van der Waals surface area contributed by atoms with Gasteiger partial charge in [0.2, 0.25) is 0 Å². The number of allylic oxidation sites excluding steroid dienone is 2. The first kappa shape index (κ1) is 11.8. The van der Waals surface area contributed by atoms with Crippen LogP contribution in [0, 0.1) is 12.8 Å². The van der Waals surface area contributed by atoms with Crippen LogP contribution in [0.3, 0.4) is 0 Å². The van der Waals surface area contributed by atoms with Gasteiger partial charge in [-0.2, -0.15) is 0 Å². The first-order valence-corrected chi connectivity index (χ1v) is 5.58. The third-order valence-electron chi connectivity index (χ3n) is 2.48. The molecule has 0 aliphatic heterocycles. The highest BCUT2D eigenvalue weighted by Crippen LogP contribution is 2.21. The summed E-state index contributed by atoms with van der Waals surface area (Å²) in [6.07, 6.45) is 6.37. The Bertz CT molecular complexity index is 339. The van der Waals surface area contributed by atoms with Crippen LogP contribution in [0.25, 0.3) is 0 Å². The van der Waals surface area contributed by atoms with E-state index in [2.05, 4.69) is 39.0 Å². The van der Waals surface area contributed by atoms with Gasteiger partial charge in [-0.3, -0.25) is 0 Å². The molecule has 1 unspecified atom stereocenters. The topological polar surface area (TPSA) is 20.2 Å². The summed E-state index contributed by atoms with van der Waals surface area (Å²) in [4.78, 5) is 0. The molecule has 1 heteroatoms. The smallest absolute Gasteiger partial charge is 0.118 e. The normalized spacial score (nSPS) is 13.3. The van der Waals surface area contributed by atoms with Gasteiger partial charge in [0.05, 0.1) is 0 Å². The molecule has 0 amide bonds. The molecular weight excluding hydrogens is 184 g/mol. The minimum Gasteiger partial charge on any atom is -0.508 e. The Hall–Kier alpha value is -1.24. The Kier molecular flexibility index (Phi) is 4.41. The van der Waals surface area contributed by atoms with Crippen molar-refractivity contribution < 1.29 is 5.11 Å². The molecule has 0 aromatic heterocycles. The van der Waals surface area contributed by atoms with Crippen molar-refractivity contribution in [3.63, 3.8) is 0 Å². The summed E-state index contributed by atoms with van der Waals surface area (Å²) in [6, 6.07) is 5.78. The molecular formula is C14H20O. The van der Waals surface area contributed by atoms with Gasteiger partial charge in [0, 0.05) is 0 Å². The van der Waals surface area contributed by atoms with E-state index in [4.69, 9.17) is 0 Å². The third kappa shape index (κ3) is 3.78. The van der Waals surface area contributed by atoms with E-state index in [1.807, 2.05) is 6.07 Å². The Balaban J connectivity index is 2.71. The van der Waals surface area contributed by atoms with Gasteiger partial charge >= 0.3 is 0 Å². The van der Waals surface area contributed by atoms with E-state index in [-0.39, 0.29) is 0 Å². The van der Waals surface area contributed by atoms with Crippen molar-refractivity contribution in [1.82, 2.24) is 0 Å². The third-order valence-corrected chi connectivity index (χ3v) is 2.48. The minimum atomic E-state index is 0.414. The second-order valence-electron chi connectivity index (χ2n) is 4.15. The highest BCUT2D eigenvalue weighted by Gasteiger charge is 2.04. The van der Waals surface area contributed by atoms with E-state index in [9.17, 15) is 5.11 Å². The molecule has 0 radical (unpaired) electrons. The number of aryl methyl sites for hydroxylation is 1. The second kappa shape index (κ2) is 5.59. The van der Waals surface area contributed by atoms with Crippen molar-refractivity contribution in [2.45, 2.75) is 33.6 Å². The first-order valence-electron chi connectivity index (χ1n) is 5.58. The van der Waals surface area contributed by atoms with Crippen LogP contribution in [0.4, 0.5) is 0 Å². The number of phenolic OH excluding ortho intramolecular Hbond substituents is 1. The molecule has 0 spiro atoms. The highest BCUT2D eigenvalue weighted by molar-refractivity contribution is 5.36. The maximum absolute atomic E-state index is 9.69. The van der Waals surface area contributed by atoms with Crippen molar-refractivity contribution in [3.8, 4) is 5.75 Å². The van der Waals surface area contributed by atoms with Crippen LogP contribution < -0.4 is 0 Å². The van der Waals surface area contributed by atoms with Gasteiger partial charge in [0.25, 0.3) is 0 Å². The number of hydrogen-bond acceptors (Lipinski definition) is 1. The predicted molar refractivity (Wildman–Crippen MR) is 65.1 cm³/mol. The van der Waals surface area contributed by atoms with Gasteiger partial charge in [-0.05, 0) is 37.3 Å². The van der Waals surface area contributed by atoms with Crippen LogP contribution in [-0.2, 0) is 6.42 Å². The summed E-state index contributed by atoms with van der Waals surface area (Å²) < 4.78 is 0. The Morgan fingerprint density at radius 1 is 1.40 bits per heavy atom. The number of phenols is 1. The number of benzene rings is 1. The highest BCUT2D eigenvalue weighted by atomic mass is 16.3. The average molecular weight is 204 g/mol. The molecule has 1 N–H and O–H groups in total. The monoisotopic (exact) mass is 204 g/mol. The lowest BCUT2D eigenvalue weighted by atomic mass is 9.98. The fourth-order valence-electron chi connectivity index (χ4n) is 1.66. The number of hydrogen-bond donors (Lipinski definition) is 1. The molecule has 82 valence electrons. The molecule has 0 aliphatic rings. The molecule has 0 saturated heterocycles. The lowest BCUT2D eigenvalue weighted by Crippen LogP contribution is -1.96. The van der Waals surface area contributed by atoms with E-state index in [1.54, 1.807) is 6.07 Å². The van der Waals surface area contributed by atoms with Crippen LogP contribution in [0.1, 0.15) is 31.4 Å². The van der Waals surface area contributed by atoms with Crippen LogP contribution in [0.2, 0.25) is 0 Å². The number of rotatable bonds is 4. The fraction of sp³-hybridized carbons (Fsp3) is 0.429. The fourth-order valence-corrected chi connectivity index (χ4v) is 1.66. The van der Waals surface area contributed by atoms with Gasteiger partial charge in [-0.25, -0.2) is 0 Å². The van der Waals surface area contributed by atoms with Gasteiger partial charge in [0.15, 0.2) is 0 Å². The summed E-state index contributed by atoms with van der Waals surface area (Å²) in [5, 5.41) is 9.69. The molecule has 0 aliphatic carbocycles.